The van der Waals surface area contributed by atoms with Crippen LogP contribution >= 0.6 is 0 Å². The second-order valence-corrected chi connectivity index (χ2v) is 16.5. The summed E-state index contributed by atoms with van der Waals surface area (Å²) in [5.41, 5.74) is 4.80. The molecular formula is C52H103N5. The summed E-state index contributed by atoms with van der Waals surface area (Å²) in [4.78, 5) is 2.44. The molecule has 0 spiro atoms. The van der Waals surface area contributed by atoms with Crippen molar-refractivity contribution in [1.82, 2.24) is 26.2 Å². The Balaban J connectivity index is 0. The predicted octanol–water partition coefficient (Wildman–Crippen LogP) is 15.0. The Kier molecular flexibility index (Phi) is 48.2. The molecule has 0 heterocycles. The Morgan fingerprint density at radius 3 is 1.02 bits per heavy atom. The maximum Gasteiger partial charge on any atom is 0.0271 e. The van der Waals surface area contributed by atoms with E-state index in [1.54, 1.807) is 0 Å². The maximum absolute atomic E-state index is 4.26. The van der Waals surface area contributed by atoms with Crippen LogP contribution in [0.5, 0.6) is 0 Å². The van der Waals surface area contributed by atoms with Crippen LogP contribution in [0.3, 0.4) is 0 Å². The van der Waals surface area contributed by atoms with Crippen LogP contribution in [0.2, 0.25) is 0 Å². The van der Waals surface area contributed by atoms with Crippen molar-refractivity contribution in [2.45, 2.75) is 227 Å². The van der Waals surface area contributed by atoms with Crippen molar-refractivity contribution in [3.8, 4) is 0 Å². The van der Waals surface area contributed by atoms with Gasteiger partial charge >= 0.3 is 0 Å². The van der Waals surface area contributed by atoms with Crippen LogP contribution in [-0.4, -0.2) is 50.7 Å². The molecule has 0 bridgehead atoms. The van der Waals surface area contributed by atoms with Crippen molar-refractivity contribution in [1.29, 1.82) is 0 Å². The van der Waals surface area contributed by atoms with Crippen LogP contribution in [0.1, 0.15) is 227 Å². The first kappa shape index (κ1) is 57.0. The van der Waals surface area contributed by atoms with E-state index in [0.29, 0.717) is 0 Å². The molecule has 0 radical (unpaired) electrons. The van der Waals surface area contributed by atoms with E-state index in [4.69, 9.17) is 0 Å². The second-order valence-electron chi connectivity index (χ2n) is 16.5. The fourth-order valence-electron chi connectivity index (χ4n) is 7.33. The SMILES string of the molecule is C=CCN(CCC)CCNC(=C)CCCCCCCNC(=C)CCCCCCCNC(=C)CCCNC(=C)CCCCCCCCCCCCCCCCC.CC. The highest BCUT2D eigenvalue weighted by atomic mass is 15.1. The number of unbranched alkanes of at least 4 members (excludes halogenated alkanes) is 22. The standard InChI is InChI=1S/C50H97N5.C2H6/c1-8-11-12-13-14-15-16-17-18-19-20-21-22-25-30-37-48(5)53-42-35-39-50(7)52-41-34-29-23-26-31-36-47(4)51-40-33-28-24-27-32-38-49(6)54-43-46-55(44-9-2)45-10-3;1-2/h9,51-54H,2,4-8,10-46H2,1,3H3;1-2H3. The molecule has 336 valence electrons. The van der Waals surface area contributed by atoms with E-state index in [1.807, 2.05) is 19.9 Å². The fourth-order valence-corrected chi connectivity index (χ4v) is 7.33. The molecule has 0 amide bonds. The number of allylic oxidation sites excluding steroid dienone is 4. The van der Waals surface area contributed by atoms with Gasteiger partial charge in [-0.15, -0.1) is 6.58 Å². The third-order valence-electron chi connectivity index (χ3n) is 10.9. The van der Waals surface area contributed by atoms with Crippen molar-refractivity contribution in [2.24, 2.45) is 0 Å². The molecule has 0 unspecified atom stereocenters. The quantitative estimate of drug-likeness (QED) is 0.0365. The van der Waals surface area contributed by atoms with E-state index >= 15 is 0 Å². The summed E-state index contributed by atoms with van der Waals surface area (Å²) in [5.74, 6) is 0. The monoisotopic (exact) mass is 798 g/mol. The van der Waals surface area contributed by atoms with E-state index in [2.05, 4.69) is 72.9 Å². The van der Waals surface area contributed by atoms with Crippen LogP contribution in [0.4, 0.5) is 0 Å². The Labute approximate surface area is 359 Å². The lowest BCUT2D eigenvalue weighted by molar-refractivity contribution is 0.304. The molecule has 0 aromatic rings. The number of hydrogen-bond acceptors (Lipinski definition) is 5. The summed E-state index contributed by atoms with van der Waals surface area (Å²) in [5, 5.41) is 14.2. The van der Waals surface area contributed by atoms with Gasteiger partial charge < -0.3 is 21.3 Å². The van der Waals surface area contributed by atoms with Crippen LogP contribution in [0.25, 0.3) is 0 Å². The van der Waals surface area contributed by atoms with Gasteiger partial charge in [-0.2, -0.15) is 0 Å². The normalized spacial score (nSPS) is 10.8. The van der Waals surface area contributed by atoms with Crippen LogP contribution in [0, 0.1) is 0 Å². The van der Waals surface area contributed by atoms with Crippen molar-refractivity contribution in [3.63, 3.8) is 0 Å². The molecule has 0 rings (SSSR count). The molecular weight excluding hydrogens is 695 g/mol. The molecule has 0 aliphatic carbocycles. The summed E-state index contributed by atoms with van der Waals surface area (Å²) in [6, 6.07) is 0. The van der Waals surface area contributed by atoms with Crippen LogP contribution in [-0.2, 0) is 0 Å². The minimum atomic E-state index is 0.968. The third-order valence-corrected chi connectivity index (χ3v) is 10.9. The van der Waals surface area contributed by atoms with Gasteiger partial charge in [0, 0.05) is 62.1 Å². The minimum Gasteiger partial charge on any atom is -0.389 e. The van der Waals surface area contributed by atoms with Crippen LogP contribution < -0.4 is 21.3 Å². The first-order valence-corrected chi connectivity index (χ1v) is 24.9. The van der Waals surface area contributed by atoms with E-state index in [1.165, 1.54) is 190 Å². The van der Waals surface area contributed by atoms with E-state index in [9.17, 15) is 0 Å². The van der Waals surface area contributed by atoms with Crippen molar-refractivity contribution in [3.05, 3.63) is 61.8 Å². The van der Waals surface area contributed by atoms with Gasteiger partial charge in [-0.05, 0) is 77.2 Å². The Morgan fingerprint density at radius 2 is 0.667 bits per heavy atom. The van der Waals surface area contributed by atoms with Gasteiger partial charge in [-0.1, -0.05) is 189 Å². The molecule has 0 aliphatic heterocycles. The maximum atomic E-state index is 4.26. The largest absolute Gasteiger partial charge is 0.389 e. The van der Waals surface area contributed by atoms with Gasteiger partial charge in [-0.25, -0.2) is 0 Å². The smallest absolute Gasteiger partial charge is 0.0271 e. The van der Waals surface area contributed by atoms with Crippen molar-refractivity contribution >= 4 is 0 Å². The average molecular weight is 798 g/mol. The fraction of sp³-hybridized carbons (Fsp3) is 0.808. The number of nitrogens with one attached hydrogen (secondary N) is 4. The summed E-state index contributed by atoms with van der Waals surface area (Å²) < 4.78 is 0. The van der Waals surface area contributed by atoms with Gasteiger partial charge in [-0.3, -0.25) is 4.90 Å². The molecule has 5 nitrogen and oxygen atoms in total. The zero-order valence-corrected chi connectivity index (χ0v) is 39.4. The molecule has 0 saturated heterocycles. The van der Waals surface area contributed by atoms with E-state index < -0.39 is 0 Å². The van der Waals surface area contributed by atoms with E-state index in [0.717, 1.165) is 77.9 Å². The third kappa shape index (κ3) is 46.4. The van der Waals surface area contributed by atoms with Crippen LogP contribution in [0.15, 0.2) is 61.8 Å². The lowest BCUT2D eigenvalue weighted by Crippen LogP contribution is -2.32. The zero-order valence-electron chi connectivity index (χ0n) is 39.4. The summed E-state index contributed by atoms with van der Waals surface area (Å²) in [7, 11) is 0. The van der Waals surface area contributed by atoms with Crippen molar-refractivity contribution < 1.29 is 0 Å². The average Bonchev–Trinajstić information content (AvgIpc) is 3.20. The van der Waals surface area contributed by atoms with Gasteiger partial charge in [0.25, 0.3) is 0 Å². The molecule has 5 heteroatoms. The number of nitrogens with zero attached hydrogens (tertiary/aromatic N) is 1. The number of hydrogen-bond donors (Lipinski definition) is 4. The van der Waals surface area contributed by atoms with E-state index in [-0.39, 0.29) is 0 Å². The highest BCUT2D eigenvalue weighted by Gasteiger charge is 2.03. The lowest BCUT2D eigenvalue weighted by atomic mass is 10.0. The summed E-state index contributed by atoms with van der Waals surface area (Å²) in [6.45, 7) is 36.6. The highest BCUT2D eigenvalue weighted by molar-refractivity contribution is 4.94. The molecule has 0 fully saturated rings. The molecule has 4 N–H and O–H groups in total. The Morgan fingerprint density at radius 1 is 0.368 bits per heavy atom. The van der Waals surface area contributed by atoms with Gasteiger partial charge in [0.15, 0.2) is 0 Å². The second kappa shape index (κ2) is 48.2. The summed E-state index contributed by atoms with van der Waals surface area (Å²) >= 11 is 0. The van der Waals surface area contributed by atoms with Gasteiger partial charge in [0.1, 0.15) is 0 Å². The molecule has 0 aromatic heterocycles. The Hall–Kier alpha value is -2.14. The summed E-state index contributed by atoms with van der Waals surface area (Å²) in [6.07, 6.45) is 42.6. The predicted molar refractivity (Wildman–Crippen MR) is 261 cm³/mol. The highest BCUT2D eigenvalue weighted by Crippen LogP contribution is 2.15. The zero-order chi connectivity index (χ0) is 42.3. The molecule has 0 saturated carbocycles. The topological polar surface area (TPSA) is 51.4 Å². The number of rotatable bonds is 47. The lowest BCUT2D eigenvalue weighted by Gasteiger charge is -2.20. The minimum absolute atomic E-state index is 0.968. The molecule has 0 atom stereocenters. The van der Waals surface area contributed by atoms with Crippen molar-refractivity contribution in [2.75, 3.05) is 45.8 Å². The first-order chi connectivity index (χ1) is 27.9. The van der Waals surface area contributed by atoms with Gasteiger partial charge in [0.05, 0.1) is 0 Å². The first-order valence-electron chi connectivity index (χ1n) is 24.9. The Bertz CT molecular complexity index is 895. The molecule has 57 heavy (non-hydrogen) atoms. The molecule has 0 aliphatic rings. The van der Waals surface area contributed by atoms with Gasteiger partial charge in [0.2, 0.25) is 0 Å². The molecule has 0 aromatic carbocycles.